The number of carbonyl (C=O) groups is 1. The number of nitrogens with two attached hydrogens (primary N) is 1. The standard InChI is InChI=1S/C13H12N2O/c14-13(16)7-3-4-10-8-11-5-1-2-6-12(11)15-9-10/h1-6,8-9H,7H2,(H2,14,16). The fourth-order valence-electron chi connectivity index (χ4n) is 1.49. The lowest BCUT2D eigenvalue weighted by Crippen LogP contribution is -2.07. The van der Waals surface area contributed by atoms with Crippen LogP contribution < -0.4 is 5.73 Å². The van der Waals surface area contributed by atoms with Gasteiger partial charge in [-0.15, -0.1) is 0 Å². The molecule has 1 aromatic heterocycles. The molecule has 0 unspecified atom stereocenters. The Morgan fingerprint density at radius 2 is 2.19 bits per heavy atom. The molecular formula is C13H12N2O. The highest BCUT2D eigenvalue weighted by Crippen LogP contribution is 2.13. The van der Waals surface area contributed by atoms with Gasteiger partial charge in [0.25, 0.3) is 0 Å². The molecule has 0 radical (unpaired) electrons. The molecule has 80 valence electrons. The molecule has 1 amide bonds. The van der Waals surface area contributed by atoms with Crippen LogP contribution in [0.2, 0.25) is 0 Å². The van der Waals surface area contributed by atoms with Crippen molar-refractivity contribution in [3.63, 3.8) is 0 Å². The first-order valence-electron chi connectivity index (χ1n) is 5.05. The number of fused-ring (bicyclic) bond motifs is 1. The maximum absolute atomic E-state index is 10.6. The van der Waals surface area contributed by atoms with E-state index in [4.69, 9.17) is 5.73 Å². The minimum absolute atomic E-state index is 0.257. The summed E-state index contributed by atoms with van der Waals surface area (Å²) in [5.74, 6) is -0.329. The predicted octanol–water partition coefficient (Wildman–Crippen LogP) is 2.12. The van der Waals surface area contributed by atoms with Gasteiger partial charge in [-0.2, -0.15) is 0 Å². The molecule has 0 saturated carbocycles. The Labute approximate surface area is 93.6 Å². The highest BCUT2D eigenvalue weighted by Gasteiger charge is 1.94. The molecule has 1 heterocycles. The van der Waals surface area contributed by atoms with E-state index in [1.165, 1.54) is 0 Å². The fourth-order valence-corrected chi connectivity index (χ4v) is 1.49. The Bertz CT molecular complexity index is 546. The topological polar surface area (TPSA) is 56.0 Å². The minimum Gasteiger partial charge on any atom is -0.369 e. The third-order valence-corrected chi connectivity index (χ3v) is 2.24. The maximum Gasteiger partial charge on any atom is 0.221 e. The summed E-state index contributed by atoms with van der Waals surface area (Å²) in [5, 5.41) is 1.09. The number of benzene rings is 1. The smallest absolute Gasteiger partial charge is 0.221 e. The Morgan fingerprint density at radius 3 is 3.00 bits per heavy atom. The van der Waals surface area contributed by atoms with Crippen LogP contribution in [0.4, 0.5) is 0 Å². The average Bonchev–Trinajstić information content (AvgIpc) is 2.28. The molecule has 0 saturated heterocycles. The quantitative estimate of drug-likeness (QED) is 0.847. The zero-order chi connectivity index (χ0) is 11.4. The SMILES string of the molecule is NC(=O)CC=Cc1cnc2ccccc2c1. The fraction of sp³-hybridized carbons (Fsp3) is 0.0769. The molecule has 0 aliphatic rings. The van der Waals surface area contributed by atoms with E-state index in [0.29, 0.717) is 0 Å². The first-order chi connectivity index (χ1) is 7.75. The van der Waals surface area contributed by atoms with Gasteiger partial charge in [0.1, 0.15) is 0 Å². The van der Waals surface area contributed by atoms with Crippen LogP contribution in [0.5, 0.6) is 0 Å². The molecule has 2 N–H and O–H groups in total. The van der Waals surface area contributed by atoms with Crippen LogP contribution in [-0.4, -0.2) is 10.9 Å². The molecule has 2 rings (SSSR count). The van der Waals surface area contributed by atoms with E-state index in [2.05, 4.69) is 4.98 Å². The van der Waals surface area contributed by atoms with Gasteiger partial charge in [-0.3, -0.25) is 9.78 Å². The van der Waals surface area contributed by atoms with Crippen molar-refractivity contribution in [2.75, 3.05) is 0 Å². The first-order valence-corrected chi connectivity index (χ1v) is 5.05. The lowest BCUT2D eigenvalue weighted by atomic mass is 10.1. The monoisotopic (exact) mass is 212 g/mol. The van der Waals surface area contributed by atoms with E-state index in [1.807, 2.05) is 36.4 Å². The average molecular weight is 212 g/mol. The van der Waals surface area contributed by atoms with E-state index in [1.54, 1.807) is 12.3 Å². The zero-order valence-electron chi connectivity index (χ0n) is 8.76. The summed E-state index contributed by atoms with van der Waals surface area (Å²) in [7, 11) is 0. The van der Waals surface area contributed by atoms with Crippen molar-refractivity contribution in [2.24, 2.45) is 5.73 Å². The summed E-state index contributed by atoms with van der Waals surface area (Å²) in [6.45, 7) is 0. The Morgan fingerprint density at radius 1 is 1.38 bits per heavy atom. The molecule has 3 nitrogen and oxygen atoms in total. The van der Waals surface area contributed by atoms with Crippen molar-refractivity contribution in [2.45, 2.75) is 6.42 Å². The summed E-state index contributed by atoms with van der Waals surface area (Å²) in [6.07, 6.45) is 5.63. The molecule has 2 aromatic rings. The van der Waals surface area contributed by atoms with Crippen LogP contribution in [-0.2, 0) is 4.79 Å². The normalized spacial score (nSPS) is 11.0. The molecule has 0 aliphatic carbocycles. The van der Waals surface area contributed by atoms with Crippen LogP contribution in [0.15, 0.2) is 42.6 Å². The third kappa shape index (κ3) is 2.45. The highest BCUT2D eigenvalue weighted by molar-refractivity contribution is 5.81. The summed E-state index contributed by atoms with van der Waals surface area (Å²) < 4.78 is 0. The van der Waals surface area contributed by atoms with Gasteiger partial charge >= 0.3 is 0 Å². The number of hydrogen-bond donors (Lipinski definition) is 1. The van der Waals surface area contributed by atoms with E-state index in [-0.39, 0.29) is 12.3 Å². The number of para-hydroxylation sites is 1. The second-order valence-corrected chi connectivity index (χ2v) is 3.53. The number of carbonyl (C=O) groups excluding carboxylic acids is 1. The van der Waals surface area contributed by atoms with E-state index >= 15 is 0 Å². The summed E-state index contributed by atoms with van der Waals surface area (Å²) in [5.41, 5.74) is 6.98. The van der Waals surface area contributed by atoms with Crippen molar-refractivity contribution in [3.8, 4) is 0 Å². The van der Waals surface area contributed by atoms with Crippen molar-refractivity contribution < 1.29 is 4.79 Å². The number of rotatable bonds is 3. The molecule has 3 heteroatoms. The van der Waals surface area contributed by atoms with Crippen molar-refractivity contribution in [3.05, 3.63) is 48.2 Å². The van der Waals surface area contributed by atoms with Gasteiger partial charge in [-0.25, -0.2) is 0 Å². The van der Waals surface area contributed by atoms with Gasteiger partial charge in [0.05, 0.1) is 5.52 Å². The molecule has 0 bridgehead atoms. The second-order valence-electron chi connectivity index (χ2n) is 3.53. The zero-order valence-corrected chi connectivity index (χ0v) is 8.76. The van der Waals surface area contributed by atoms with Crippen LogP contribution in [0.1, 0.15) is 12.0 Å². The first kappa shape index (κ1) is 10.4. The molecule has 0 spiro atoms. The minimum atomic E-state index is -0.329. The number of aromatic nitrogens is 1. The molecule has 0 aliphatic heterocycles. The predicted molar refractivity (Wildman–Crippen MR) is 64.6 cm³/mol. The summed E-state index contributed by atoms with van der Waals surface area (Å²) in [6, 6.07) is 9.93. The summed E-state index contributed by atoms with van der Waals surface area (Å²) in [4.78, 5) is 14.9. The Balaban J connectivity index is 2.26. The van der Waals surface area contributed by atoms with Crippen LogP contribution >= 0.6 is 0 Å². The Hall–Kier alpha value is -2.16. The number of amides is 1. The van der Waals surface area contributed by atoms with Gasteiger partial charge in [-0.05, 0) is 17.7 Å². The number of primary amides is 1. The van der Waals surface area contributed by atoms with Crippen molar-refractivity contribution >= 4 is 22.9 Å². The van der Waals surface area contributed by atoms with Gasteiger partial charge < -0.3 is 5.73 Å². The van der Waals surface area contributed by atoms with E-state index in [9.17, 15) is 4.79 Å². The van der Waals surface area contributed by atoms with Gasteiger partial charge in [0.15, 0.2) is 0 Å². The van der Waals surface area contributed by atoms with Gasteiger partial charge in [0, 0.05) is 18.0 Å². The van der Waals surface area contributed by atoms with E-state index < -0.39 is 0 Å². The van der Waals surface area contributed by atoms with Crippen LogP contribution in [0.3, 0.4) is 0 Å². The maximum atomic E-state index is 10.6. The van der Waals surface area contributed by atoms with Crippen molar-refractivity contribution in [1.82, 2.24) is 4.98 Å². The molecule has 0 fully saturated rings. The van der Waals surface area contributed by atoms with E-state index in [0.717, 1.165) is 16.5 Å². The molecule has 16 heavy (non-hydrogen) atoms. The highest BCUT2D eigenvalue weighted by atomic mass is 16.1. The summed E-state index contributed by atoms with van der Waals surface area (Å²) >= 11 is 0. The number of hydrogen-bond acceptors (Lipinski definition) is 2. The number of nitrogens with zero attached hydrogens (tertiary/aromatic N) is 1. The largest absolute Gasteiger partial charge is 0.369 e. The van der Waals surface area contributed by atoms with Crippen LogP contribution in [0.25, 0.3) is 17.0 Å². The molecule has 0 atom stereocenters. The second kappa shape index (κ2) is 4.57. The molecular weight excluding hydrogens is 200 g/mol. The third-order valence-electron chi connectivity index (χ3n) is 2.24. The Kier molecular flexibility index (Phi) is 2.96. The van der Waals surface area contributed by atoms with Crippen molar-refractivity contribution in [1.29, 1.82) is 0 Å². The molecule has 1 aromatic carbocycles. The lowest BCUT2D eigenvalue weighted by Gasteiger charge is -1.97. The lowest BCUT2D eigenvalue weighted by molar-refractivity contribution is -0.117. The number of pyridine rings is 1. The van der Waals surface area contributed by atoms with Gasteiger partial charge in [0.2, 0.25) is 5.91 Å². The van der Waals surface area contributed by atoms with Gasteiger partial charge in [-0.1, -0.05) is 30.4 Å². The van der Waals surface area contributed by atoms with Crippen LogP contribution in [0, 0.1) is 0 Å².